The quantitative estimate of drug-likeness (QED) is 0.0860. The van der Waals surface area contributed by atoms with E-state index in [9.17, 15) is 9.59 Å². The fraction of sp³-hybridized carbons (Fsp3) is 0.436. The third kappa shape index (κ3) is 18.4. The Morgan fingerprint density at radius 2 is 1.13 bits per heavy atom. The number of benzene rings is 2. The maximum atomic E-state index is 12.1. The molecule has 0 aliphatic heterocycles. The van der Waals surface area contributed by atoms with Crippen LogP contribution in [0.2, 0.25) is 0 Å². The van der Waals surface area contributed by atoms with E-state index >= 15 is 0 Å². The van der Waals surface area contributed by atoms with E-state index in [1.165, 1.54) is 72.2 Å². The van der Waals surface area contributed by atoms with Gasteiger partial charge in [0, 0.05) is 27.4 Å². The van der Waals surface area contributed by atoms with Gasteiger partial charge in [0.2, 0.25) is 0 Å². The zero-order valence-corrected chi connectivity index (χ0v) is 29.5. The van der Waals surface area contributed by atoms with Crippen LogP contribution < -0.4 is 11.1 Å². The van der Waals surface area contributed by atoms with Gasteiger partial charge in [-0.1, -0.05) is 96.2 Å². The van der Waals surface area contributed by atoms with Crippen LogP contribution in [-0.2, 0) is 25.7 Å². The molecule has 0 spiro atoms. The molecule has 4 aromatic rings. The second-order valence-electron chi connectivity index (χ2n) is 11.0. The topological polar surface area (TPSA) is 72.2 Å². The van der Waals surface area contributed by atoms with Gasteiger partial charge in [-0.15, -0.1) is 22.7 Å². The second kappa shape index (κ2) is 26.3. The SMILES string of the molecule is C.CCCCCCc1ccc(C(=O)Cl)cc1.CCCCCCc1ccc(C(=O)NCCc2cccs2)cc1.NCCc1cccs1. The van der Waals surface area contributed by atoms with E-state index in [0.717, 1.165) is 37.8 Å². The Kier molecular flexibility index (Phi) is 23.6. The number of unbranched alkanes of at least 4 members (excludes halogenated alkanes) is 6. The number of hydrogen-bond acceptors (Lipinski definition) is 5. The van der Waals surface area contributed by atoms with E-state index in [2.05, 4.69) is 60.3 Å². The number of aryl methyl sites for hydroxylation is 2. The predicted octanol–water partition coefficient (Wildman–Crippen LogP) is 10.9. The number of amides is 1. The van der Waals surface area contributed by atoms with E-state index in [1.807, 2.05) is 30.3 Å². The van der Waals surface area contributed by atoms with Crippen LogP contribution in [0.25, 0.3) is 0 Å². The van der Waals surface area contributed by atoms with Crippen LogP contribution in [0.1, 0.15) is 114 Å². The molecule has 46 heavy (non-hydrogen) atoms. The summed E-state index contributed by atoms with van der Waals surface area (Å²) in [6.45, 7) is 5.89. The number of nitrogens with two attached hydrogens (primary N) is 1. The molecule has 2 heterocycles. The average molecular weight is 683 g/mol. The van der Waals surface area contributed by atoms with Gasteiger partial charge in [-0.25, -0.2) is 0 Å². The van der Waals surface area contributed by atoms with Crippen molar-refractivity contribution in [1.82, 2.24) is 5.32 Å². The minimum Gasteiger partial charge on any atom is -0.352 e. The minimum absolute atomic E-state index is 0. The van der Waals surface area contributed by atoms with Crippen LogP contribution in [0.4, 0.5) is 0 Å². The monoisotopic (exact) mass is 682 g/mol. The molecule has 0 fully saturated rings. The summed E-state index contributed by atoms with van der Waals surface area (Å²) in [5, 5.41) is 6.74. The van der Waals surface area contributed by atoms with Gasteiger partial charge in [-0.3, -0.25) is 9.59 Å². The molecule has 0 saturated carbocycles. The highest BCUT2D eigenvalue weighted by molar-refractivity contribution is 7.10. The van der Waals surface area contributed by atoms with Gasteiger partial charge in [0.1, 0.15) is 0 Å². The van der Waals surface area contributed by atoms with Gasteiger partial charge in [0.15, 0.2) is 0 Å². The fourth-order valence-electron chi connectivity index (χ4n) is 4.59. The smallest absolute Gasteiger partial charge is 0.252 e. The molecule has 2 aromatic carbocycles. The van der Waals surface area contributed by atoms with Gasteiger partial charge in [-0.05, 0) is 115 Å². The summed E-state index contributed by atoms with van der Waals surface area (Å²) in [6.07, 6.45) is 14.3. The first-order chi connectivity index (χ1) is 22.0. The standard InChI is InChI=1S/C19H25NOS.C13H17ClO.C6H9NS.CH4/c1-2-3-4-5-7-16-9-11-17(12-10-16)19(21)20-14-13-18-8-6-15-22-18;1-2-3-4-5-6-11-7-9-12(10-8-11)13(14)15;7-4-3-6-2-1-5-8-6;/h6,8-12,15H,2-5,7,13-14H2,1H3,(H,20,21);7-10H,2-6H2,1H3;1-2,5H,3-4,7H2;1H4. The molecule has 0 aliphatic carbocycles. The van der Waals surface area contributed by atoms with Crippen LogP contribution in [-0.4, -0.2) is 24.2 Å². The number of rotatable bonds is 17. The van der Waals surface area contributed by atoms with E-state index in [0.29, 0.717) is 12.1 Å². The number of hydrogen-bond donors (Lipinski definition) is 2. The Balaban J connectivity index is 0.000000380. The predicted molar refractivity (Wildman–Crippen MR) is 203 cm³/mol. The Morgan fingerprint density at radius 1 is 0.652 bits per heavy atom. The number of nitrogens with one attached hydrogen (secondary N) is 1. The molecule has 2 aromatic heterocycles. The minimum atomic E-state index is -0.382. The van der Waals surface area contributed by atoms with Gasteiger partial charge >= 0.3 is 0 Å². The lowest BCUT2D eigenvalue weighted by Crippen LogP contribution is -2.25. The molecular weight excluding hydrogens is 628 g/mol. The lowest BCUT2D eigenvalue weighted by atomic mass is 10.0. The van der Waals surface area contributed by atoms with Gasteiger partial charge in [-0.2, -0.15) is 0 Å². The van der Waals surface area contributed by atoms with Crippen molar-refractivity contribution in [2.24, 2.45) is 5.73 Å². The molecule has 0 bridgehead atoms. The van der Waals surface area contributed by atoms with Crippen LogP contribution >= 0.6 is 34.3 Å². The number of carbonyl (C=O) groups excluding carboxylic acids is 2. The highest BCUT2D eigenvalue weighted by Crippen LogP contribution is 2.12. The number of halogens is 1. The lowest BCUT2D eigenvalue weighted by Gasteiger charge is -2.06. The Morgan fingerprint density at radius 3 is 1.54 bits per heavy atom. The molecule has 0 radical (unpaired) electrons. The van der Waals surface area contributed by atoms with Crippen molar-refractivity contribution in [2.45, 2.75) is 98.3 Å². The Labute approximate surface area is 291 Å². The first-order valence-corrected chi connectivity index (χ1v) is 18.5. The Hall–Kier alpha value is -2.77. The van der Waals surface area contributed by atoms with Crippen LogP contribution in [0.5, 0.6) is 0 Å². The van der Waals surface area contributed by atoms with Gasteiger partial charge < -0.3 is 11.1 Å². The third-order valence-corrected chi connectivity index (χ3v) is 9.33. The lowest BCUT2D eigenvalue weighted by molar-refractivity contribution is 0.0953. The van der Waals surface area contributed by atoms with Crippen molar-refractivity contribution in [3.05, 3.63) is 116 Å². The van der Waals surface area contributed by atoms with E-state index < -0.39 is 0 Å². The second-order valence-corrected chi connectivity index (χ2v) is 13.4. The molecule has 4 rings (SSSR count). The first-order valence-electron chi connectivity index (χ1n) is 16.4. The summed E-state index contributed by atoms with van der Waals surface area (Å²) >= 11 is 8.86. The van der Waals surface area contributed by atoms with E-state index in [-0.39, 0.29) is 18.6 Å². The summed E-state index contributed by atoms with van der Waals surface area (Å²) in [5.41, 5.74) is 9.27. The molecule has 7 heteroatoms. The molecule has 4 nitrogen and oxygen atoms in total. The van der Waals surface area contributed by atoms with Crippen LogP contribution in [0, 0.1) is 0 Å². The first kappa shape index (κ1) is 41.3. The maximum Gasteiger partial charge on any atom is 0.252 e. The van der Waals surface area contributed by atoms with E-state index in [1.54, 1.807) is 34.8 Å². The van der Waals surface area contributed by atoms with Crippen molar-refractivity contribution in [3.63, 3.8) is 0 Å². The third-order valence-electron chi connectivity index (χ3n) is 7.24. The molecule has 0 atom stereocenters. The van der Waals surface area contributed by atoms with Crippen LogP contribution in [0.15, 0.2) is 83.6 Å². The summed E-state index contributed by atoms with van der Waals surface area (Å²) in [4.78, 5) is 25.6. The molecule has 0 saturated heterocycles. The molecule has 0 aliphatic rings. The summed E-state index contributed by atoms with van der Waals surface area (Å²) in [5.74, 6) is 0.0223. The zero-order chi connectivity index (χ0) is 32.5. The van der Waals surface area contributed by atoms with E-state index in [4.69, 9.17) is 17.3 Å². The normalized spacial score (nSPS) is 10.1. The highest BCUT2D eigenvalue weighted by atomic mass is 35.5. The molecule has 1 amide bonds. The molecule has 0 unspecified atom stereocenters. The van der Waals surface area contributed by atoms with Crippen molar-refractivity contribution in [1.29, 1.82) is 0 Å². The number of carbonyl (C=O) groups is 2. The van der Waals surface area contributed by atoms with Crippen molar-refractivity contribution in [3.8, 4) is 0 Å². The maximum absolute atomic E-state index is 12.1. The van der Waals surface area contributed by atoms with Crippen molar-refractivity contribution >= 4 is 45.4 Å². The summed E-state index contributed by atoms with van der Waals surface area (Å²) < 4.78 is 0. The van der Waals surface area contributed by atoms with Crippen LogP contribution in [0.3, 0.4) is 0 Å². The van der Waals surface area contributed by atoms with Gasteiger partial charge in [0.05, 0.1) is 0 Å². The van der Waals surface area contributed by atoms with Gasteiger partial charge in [0.25, 0.3) is 11.1 Å². The largest absolute Gasteiger partial charge is 0.352 e. The fourth-order valence-corrected chi connectivity index (χ4v) is 6.15. The summed E-state index contributed by atoms with van der Waals surface area (Å²) in [6, 6.07) is 23.9. The highest BCUT2D eigenvalue weighted by Gasteiger charge is 2.05. The average Bonchev–Trinajstić information content (AvgIpc) is 3.78. The van der Waals surface area contributed by atoms with Crippen molar-refractivity contribution < 1.29 is 9.59 Å². The molecule has 3 N–H and O–H groups in total. The number of thiophene rings is 2. The summed E-state index contributed by atoms with van der Waals surface area (Å²) in [7, 11) is 0. The Bertz CT molecular complexity index is 1290. The van der Waals surface area contributed by atoms with Crippen molar-refractivity contribution in [2.75, 3.05) is 13.1 Å². The zero-order valence-electron chi connectivity index (χ0n) is 27.1. The molecule has 252 valence electrons. The molecular formula is C39H55ClN2O2S2.